The van der Waals surface area contributed by atoms with Gasteiger partial charge < -0.3 is 4.90 Å². The maximum atomic E-state index is 12.7. The molecule has 0 saturated heterocycles. The van der Waals surface area contributed by atoms with Crippen LogP contribution < -0.4 is 0 Å². The molecule has 22 heavy (non-hydrogen) atoms. The second-order valence-electron chi connectivity index (χ2n) is 4.76. The minimum atomic E-state index is -4.57. The van der Waals surface area contributed by atoms with Crippen LogP contribution in [-0.2, 0) is 26.8 Å². The number of rotatable bonds is 3. The summed E-state index contributed by atoms with van der Waals surface area (Å²) in [5.41, 5.74) is -0.692. The van der Waals surface area contributed by atoms with E-state index in [1.54, 1.807) is 7.05 Å². The molecule has 0 fully saturated rings. The summed E-state index contributed by atoms with van der Waals surface area (Å²) < 4.78 is 40.3. The lowest BCUT2D eigenvalue weighted by molar-refractivity contribution is -0.143. The molecule has 1 amide bonds. The Balaban J connectivity index is 2.21. The quantitative estimate of drug-likeness (QED) is 0.863. The maximum Gasteiger partial charge on any atom is 0.433 e. The lowest BCUT2D eigenvalue weighted by atomic mass is 10.3. The summed E-state index contributed by atoms with van der Waals surface area (Å²) in [5, 5.41) is 7.93. The van der Waals surface area contributed by atoms with Gasteiger partial charge in [-0.3, -0.25) is 14.2 Å². The molecule has 2 heterocycles. The van der Waals surface area contributed by atoms with E-state index in [4.69, 9.17) is 11.6 Å². The smallest absolute Gasteiger partial charge is 0.334 e. The predicted molar refractivity (Wildman–Crippen MR) is 72.2 cm³/mol. The first kappa shape index (κ1) is 16.3. The standard InChI is InChI=1S/C12H13ClF3N5O/c1-19(6-9-7(13)5-17-20(9)2)11(22)8-4-10(12(14,15)16)21(3)18-8/h4-5H,6H2,1-3H3. The molecule has 0 unspecified atom stereocenters. The van der Waals surface area contributed by atoms with E-state index in [1.807, 2.05) is 0 Å². The summed E-state index contributed by atoms with van der Waals surface area (Å²) in [4.78, 5) is 13.4. The normalized spacial score (nSPS) is 11.8. The highest BCUT2D eigenvalue weighted by Gasteiger charge is 2.36. The second kappa shape index (κ2) is 5.64. The van der Waals surface area contributed by atoms with Gasteiger partial charge in [-0.2, -0.15) is 23.4 Å². The number of aromatic nitrogens is 4. The van der Waals surface area contributed by atoms with E-state index in [2.05, 4.69) is 10.2 Å². The van der Waals surface area contributed by atoms with Crippen LogP contribution in [0.15, 0.2) is 12.3 Å². The topological polar surface area (TPSA) is 56.0 Å². The molecule has 0 saturated carbocycles. The molecule has 0 spiro atoms. The number of hydrogen-bond donors (Lipinski definition) is 0. The van der Waals surface area contributed by atoms with Gasteiger partial charge in [-0.1, -0.05) is 11.6 Å². The summed E-state index contributed by atoms with van der Waals surface area (Å²) in [5.74, 6) is -0.636. The van der Waals surface area contributed by atoms with Gasteiger partial charge in [0.1, 0.15) is 5.69 Å². The zero-order valence-electron chi connectivity index (χ0n) is 12.0. The molecular weight excluding hydrogens is 323 g/mol. The highest BCUT2D eigenvalue weighted by Crippen LogP contribution is 2.29. The van der Waals surface area contributed by atoms with Crippen molar-refractivity contribution in [3.63, 3.8) is 0 Å². The molecular formula is C12H13ClF3N5O. The van der Waals surface area contributed by atoms with E-state index in [0.717, 1.165) is 13.1 Å². The Hall–Kier alpha value is -2.03. The first-order chi connectivity index (χ1) is 10.1. The van der Waals surface area contributed by atoms with Crippen LogP contribution in [0.5, 0.6) is 0 Å². The molecule has 2 rings (SSSR count). The third-order valence-electron chi connectivity index (χ3n) is 3.13. The van der Waals surface area contributed by atoms with Crippen molar-refractivity contribution in [1.29, 1.82) is 0 Å². The van der Waals surface area contributed by atoms with E-state index >= 15 is 0 Å². The van der Waals surface area contributed by atoms with E-state index in [-0.39, 0.29) is 12.2 Å². The molecule has 0 aliphatic heterocycles. The van der Waals surface area contributed by atoms with Crippen LogP contribution in [0, 0.1) is 0 Å². The molecule has 10 heteroatoms. The molecule has 0 aromatic carbocycles. The molecule has 0 aliphatic rings. The lowest BCUT2D eigenvalue weighted by Gasteiger charge is -2.16. The molecule has 0 N–H and O–H groups in total. The Morgan fingerprint density at radius 3 is 2.45 bits per heavy atom. The van der Waals surface area contributed by atoms with E-state index in [1.165, 1.54) is 22.8 Å². The number of alkyl halides is 3. The van der Waals surface area contributed by atoms with Crippen molar-refractivity contribution >= 4 is 17.5 Å². The minimum absolute atomic E-state index is 0.103. The van der Waals surface area contributed by atoms with Gasteiger partial charge in [0.25, 0.3) is 5.91 Å². The number of aryl methyl sites for hydroxylation is 2. The average molecular weight is 336 g/mol. The summed E-state index contributed by atoms with van der Waals surface area (Å²) in [7, 11) is 4.24. The SMILES string of the molecule is CN(Cc1c(Cl)cnn1C)C(=O)c1cc(C(F)(F)F)n(C)n1. The fourth-order valence-electron chi connectivity index (χ4n) is 1.94. The molecule has 0 aliphatic carbocycles. The third kappa shape index (κ3) is 3.08. The molecule has 6 nitrogen and oxygen atoms in total. The van der Waals surface area contributed by atoms with Crippen LogP contribution in [-0.4, -0.2) is 37.4 Å². The van der Waals surface area contributed by atoms with E-state index in [9.17, 15) is 18.0 Å². The first-order valence-corrected chi connectivity index (χ1v) is 6.52. The third-order valence-corrected chi connectivity index (χ3v) is 3.45. The predicted octanol–water partition coefficient (Wildman–Crippen LogP) is 2.10. The van der Waals surface area contributed by atoms with E-state index in [0.29, 0.717) is 15.4 Å². The number of nitrogens with zero attached hydrogens (tertiary/aromatic N) is 5. The van der Waals surface area contributed by atoms with Crippen molar-refractivity contribution < 1.29 is 18.0 Å². The van der Waals surface area contributed by atoms with Crippen molar-refractivity contribution in [1.82, 2.24) is 24.5 Å². The van der Waals surface area contributed by atoms with Gasteiger partial charge in [-0.15, -0.1) is 0 Å². The zero-order chi connectivity index (χ0) is 16.7. The Bertz CT molecular complexity index is 687. The van der Waals surface area contributed by atoms with E-state index < -0.39 is 17.8 Å². The summed E-state index contributed by atoms with van der Waals surface area (Å²) in [6, 6.07) is 0.726. The highest BCUT2D eigenvalue weighted by molar-refractivity contribution is 6.31. The molecule has 0 radical (unpaired) electrons. The van der Waals surface area contributed by atoms with Crippen LogP contribution in [0.25, 0.3) is 0 Å². The van der Waals surface area contributed by atoms with Crippen molar-refractivity contribution in [2.24, 2.45) is 14.1 Å². The molecule has 0 atom stereocenters. The van der Waals surface area contributed by atoms with Crippen molar-refractivity contribution in [2.45, 2.75) is 12.7 Å². The van der Waals surface area contributed by atoms with Crippen LogP contribution in [0.3, 0.4) is 0 Å². The second-order valence-corrected chi connectivity index (χ2v) is 5.17. The zero-order valence-corrected chi connectivity index (χ0v) is 12.8. The Morgan fingerprint density at radius 1 is 1.36 bits per heavy atom. The number of amides is 1. The highest BCUT2D eigenvalue weighted by atomic mass is 35.5. The fourth-order valence-corrected chi connectivity index (χ4v) is 2.17. The minimum Gasteiger partial charge on any atom is -0.334 e. The monoisotopic (exact) mass is 335 g/mol. The largest absolute Gasteiger partial charge is 0.433 e. The molecule has 0 bridgehead atoms. The molecule has 2 aromatic rings. The van der Waals surface area contributed by atoms with Gasteiger partial charge in [0.15, 0.2) is 5.69 Å². The van der Waals surface area contributed by atoms with Crippen LogP contribution in [0.1, 0.15) is 21.9 Å². The van der Waals surface area contributed by atoms with Crippen LogP contribution >= 0.6 is 11.6 Å². The van der Waals surface area contributed by atoms with Gasteiger partial charge in [0.05, 0.1) is 23.5 Å². The Morgan fingerprint density at radius 2 is 2.00 bits per heavy atom. The van der Waals surface area contributed by atoms with Crippen molar-refractivity contribution in [3.05, 3.63) is 34.4 Å². The molecule has 2 aromatic heterocycles. The molecule has 120 valence electrons. The number of carbonyl (C=O) groups excluding carboxylic acids is 1. The lowest BCUT2D eigenvalue weighted by Crippen LogP contribution is -2.27. The van der Waals surface area contributed by atoms with Gasteiger partial charge in [-0.25, -0.2) is 0 Å². The van der Waals surface area contributed by atoms with Crippen molar-refractivity contribution in [3.8, 4) is 0 Å². The summed E-state index contributed by atoms with van der Waals surface area (Å²) >= 11 is 5.94. The number of hydrogen-bond acceptors (Lipinski definition) is 3. The number of halogens is 4. The average Bonchev–Trinajstić information content (AvgIpc) is 2.95. The van der Waals surface area contributed by atoms with Crippen molar-refractivity contribution in [2.75, 3.05) is 7.05 Å². The van der Waals surface area contributed by atoms with Crippen LogP contribution in [0.2, 0.25) is 5.02 Å². The van der Waals surface area contributed by atoms with Gasteiger partial charge >= 0.3 is 6.18 Å². The Labute approximate surface area is 129 Å². The maximum absolute atomic E-state index is 12.7. The first-order valence-electron chi connectivity index (χ1n) is 6.14. The number of carbonyl (C=O) groups is 1. The van der Waals surface area contributed by atoms with Crippen LogP contribution in [0.4, 0.5) is 13.2 Å². The van der Waals surface area contributed by atoms with Gasteiger partial charge in [0, 0.05) is 27.2 Å². The fraction of sp³-hybridized carbons (Fsp3) is 0.417. The Kier molecular flexibility index (Phi) is 4.19. The van der Waals surface area contributed by atoms with Gasteiger partial charge in [0.2, 0.25) is 0 Å². The summed E-state index contributed by atoms with van der Waals surface area (Å²) in [6.45, 7) is 0.103. The summed E-state index contributed by atoms with van der Waals surface area (Å²) in [6.07, 6.45) is -3.14. The van der Waals surface area contributed by atoms with Gasteiger partial charge in [-0.05, 0) is 0 Å².